The Hall–Kier alpha value is -2.63. The average molecular weight is 310 g/mol. The zero-order chi connectivity index (χ0) is 15.8. The van der Waals surface area contributed by atoms with Crippen LogP contribution in [0.4, 0.5) is 0 Å². The van der Waals surface area contributed by atoms with Gasteiger partial charge in [-0.3, -0.25) is 0 Å². The molecule has 4 rings (SSSR count). The second kappa shape index (κ2) is 5.53. The number of ether oxygens (including phenoxy) is 1. The topological polar surface area (TPSA) is 61.4 Å². The van der Waals surface area contributed by atoms with Crippen LogP contribution in [0.5, 0.6) is 0 Å². The van der Waals surface area contributed by atoms with Gasteiger partial charge in [0, 0.05) is 12.4 Å². The van der Waals surface area contributed by atoms with Crippen molar-refractivity contribution in [3.8, 4) is 0 Å². The molecule has 3 aromatic rings. The molecular formula is C17H18N4O2. The Bertz CT molecular complexity index is 860. The number of carbonyl (C=O) groups is 1. The van der Waals surface area contributed by atoms with Crippen molar-refractivity contribution in [2.75, 3.05) is 6.61 Å². The van der Waals surface area contributed by atoms with E-state index in [-0.39, 0.29) is 5.97 Å². The van der Waals surface area contributed by atoms with E-state index in [0.29, 0.717) is 24.8 Å². The predicted octanol–water partition coefficient (Wildman–Crippen LogP) is 2.63. The first-order chi connectivity index (χ1) is 11.2. The lowest BCUT2D eigenvalue weighted by molar-refractivity contribution is 0.0514. The second-order valence-corrected chi connectivity index (χ2v) is 5.86. The molecule has 1 fully saturated rings. The third-order valence-corrected chi connectivity index (χ3v) is 4.10. The number of pyridine rings is 1. The minimum Gasteiger partial charge on any atom is -0.461 e. The third kappa shape index (κ3) is 2.72. The summed E-state index contributed by atoms with van der Waals surface area (Å²) in [6.07, 6.45) is 9.89. The number of rotatable bonds is 5. The first kappa shape index (κ1) is 14.0. The maximum absolute atomic E-state index is 11.9. The number of imidazole rings is 2. The molecule has 0 aromatic carbocycles. The maximum Gasteiger partial charge on any atom is 0.356 e. The molecule has 0 unspecified atom stereocenters. The van der Waals surface area contributed by atoms with Crippen molar-refractivity contribution in [3.05, 3.63) is 54.0 Å². The van der Waals surface area contributed by atoms with Crippen LogP contribution in [0.15, 0.2) is 37.1 Å². The smallest absolute Gasteiger partial charge is 0.356 e. The molecule has 3 aromatic heterocycles. The number of nitrogens with zero attached hydrogens (tertiary/aromatic N) is 4. The molecule has 3 heterocycles. The van der Waals surface area contributed by atoms with Crippen LogP contribution in [0, 0.1) is 0 Å². The van der Waals surface area contributed by atoms with Crippen LogP contribution >= 0.6 is 0 Å². The average Bonchev–Trinajstić information content (AvgIpc) is 3.16. The molecule has 1 saturated carbocycles. The zero-order valence-corrected chi connectivity index (χ0v) is 13.0. The summed E-state index contributed by atoms with van der Waals surface area (Å²) in [4.78, 5) is 20.6. The van der Waals surface area contributed by atoms with Crippen molar-refractivity contribution in [1.29, 1.82) is 0 Å². The van der Waals surface area contributed by atoms with E-state index in [1.54, 1.807) is 17.8 Å². The van der Waals surface area contributed by atoms with Crippen LogP contribution in [0.3, 0.4) is 0 Å². The molecular weight excluding hydrogens is 292 g/mol. The Kier molecular flexibility index (Phi) is 3.37. The Morgan fingerprint density at radius 3 is 3.00 bits per heavy atom. The van der Waals surface area contributed by atoms with Crippen molar-refractivity contribution in [2.45, 2.75) is 32.2 Å². The van der Waals surface area contributed by atoms with Gasteiger partial charge in [-0.15, -0.1) is 0 Å². The second-order valence-electron chi connectivity index (χ2n) is 5.86. The van der Waals surface area contributed by atoms with Gasteiger partial charge in [0.25, 0.3) is 0 Å². The molecule has 6 heteroatoms. The Labute approximate surface area is 133 Å². The van der Waals surface area contributed by atoms with Gasteiger partial charge in [-0.1, -0.05) is 6.07 Å². The SMILES string of the molecule is CCOC(=O)c1cncn1Cc1cn2cc(C3CC3)ccc2n1. The molecule has 0 bridgehead atoms. The lowest BCUT2D eigenvalue weighted by Crippen LogP contribution is -2.12. The molecule has 0 aliphatic heterocycles. The van der Waals surface area contributed by atoms with Crippen molar-refractivity contribution >= 4 is 11.6 Å². The number of hydrogen-bond donors (Lipinski definition) is 0. The Morgan fingerprint density at radius 1 is 1.35 bits per heavy atom. The summed E-state index contributed by atoms with van der Waals surface area (Å²) in [6, 6.07) is 4.21. The molecule has 23 heavy (non-hydrogen) atoms. The first-order valence-electron chi connectivity index (χ1n) is 7.89. The zero-order valence-electron chi connectivity index (χ0n) is 13.0. The molecule has 0 saturated heterocycles. The van der Waals surface area contributed by atoms with Crippen LogP contribution in [-0.4, -0.2) is 31.5 Å². The highest BCUT2D eigenvalue weighted by Gasteiger charge is 2.23. The van der Waals surface area contributed by atoms with Crippen LogP contribution in [0.1, 0.15) is 47.4 Å². The molecule has 0 radical (unpaired) electrons. The van der Waals surface area contributed by atoms with Crippen LogP contribution < -0.4 is 0 Å². The van der Waals surface area contributed by atoms with E-state index in [2.05, 4.69) is 32.7 Å². The van der Waals surface area contributed by atoms with Crippen molar-refractivity contribution < 1.29 is 9.53 Å². The fourth-order valence-corrected chi connectivity index (χ4v) is 2.79. The summed E-state index contributed by atoms with van der Waals surface area (Å²) in [6.45, 7) is 2.63. The largest absolute Gasteiger partial charge is 0.461 e. The highest BCUT2D eigenvalue weighted by atomic mass is 16.5. The highest BCUT2D eigenvalue weighted by molar-refractivity contribution is 5.87. The van der Waals surface area contributed by atoms with E-state index in [9.17, 15) is 4.79 Å². The monoisotopic (exact) mass is 310 g/mol. The predicted molar refractivity (Wildman–Crippen MR) is 84.5 cm³/mol. The van der Waals surface area contributed by atoms with E-state index in [4.69, 9.17) is 4.74 Å². The molecule has 1 aliphatic rings. The molecule has 6 nitrogen and oxygen atoms in total. The number of esters is 1. The Balaban J connectivity index is 1.60. The van der Waals surface area contributed by atoms with Gasteiger partial charge in [0.1, 0.15) is 11.3 Å². The summed E-state index contributed by atoms with van der Waals surface area (Å²) in [5.41, 5.74) is 3.63. The van der Waals surface area contributed by atoms with E-state index in [0.717, 1.165) is 11.3 Å². The minimum atomic E-state index is -0.357. The lowest BCUT2D eigenvalue weighted by Gasteiger charge is -2.05. The van der Waals surface area contributed by atoms with Gasteiger partial charge >= 0.3 is 5.97 Å². The number of hydrogen-bond acceptors (Lipinski definition) is 4. The maximum atomic E-state index is 11.9. The van der Waals surface area contributed by atoms with Gasteiger partial charge in [0.15, 0.2) is 0 Å². The quantitative estimate of drug-likeness (QED) is 0.680. The number of fused-ring (bicyclic) bond motifs is 1. The van der Waals surface area contributed by atoms with Gasteiger partial charge in [-0.2, -0.15) is 0 Å². The van der Waals surface area contributed by atoms with Gasteiger partial charge in [-0.25, -0.2) is 14.8 Å². The molecule has 118 valence electrons. The molecule has 0 amide bonds. The van der Waals surface area contributed by atoms with Crippen LogP contribution in [0.25, 0.3) is 5.65 Å². The third-order valence-electron chi connectivity index (χ3n) is 4.10. The normalized spacial score (nSPS) is 14.3. The summed E-state index contributed by atoms with van der Waals surface area (Å²) in [5, 5.41) is 0. The summed E-state index contributed by atoms with van der Waals surface area (Å²) >= 11 is 0. The molecule has 1 aliphatic carbocycles. The fraction of sp³-hybridized carbons (Fsp3) is 0.353. The van der Waals surface area contributed by atoms with E-state index < -0.39 is 0 Å². The lowest BCUT2D eigenvalue weighted by atomic mass is 10.2. The fourth-order valence-electron chi connectivity index (χ4n) is 2.79. The van der Waals surface area contributed by atoms with Gasteiger partial charge < -0.3 is 13.7 Å². The van der Waals surface area contributed by atoms with Gasteiger partial charge in [0.05, 0.1) is 31.4 Å². The molecule has 0 spiro atoms. The van der Waals surface area contributed by atoms with E-state index >= 15 is 0 Å². The molecule has 0 atom stereocenters. The summed E-state index contributed by atoms with van der Waals surface area (Å²) in [5.74, 6) is 0.360. The number of carbonyl (C=O) groups excluding carboxylic acids is 1. The van der Waals surface area contributed by atoms with Crippen LogP contribution in [-0.2, 0) is 11.3 Å². The first-order valence-corrected chi connectivity index (χ1v) is 7.89. The van der Waals surface area contributed by atoms with E-state index in [1.807, 2.05) is 6.20 Å². The summed E-state index contributed by atoms with van der Waals surface area (Å²) in [7, 11) is 0. The van der Waals surface area contributed by atoms with E-state index in [1.165, 1.54) is 24.6 Å². The van der Waals surface area contributed by atoms with Crippen molar-refractivity contribution in [1.82, 2.24) is 18.9 Å². The van der Waals surface area contributed by atoms with Gasteiger partial charge in [0.2, 0.25) is 0 Å². The minimum absolute atomic E-state index is 0.350. The van der Waals surface area contributed by atoms with Crippen molar-refractivity contribution in [2.24, 2.45) is 0 Å². The summed E-state index contributed by atoms with van der Waals surface area (Å²) < 4.78 is 8.87. The van der Waals surface area contributed by atoms with Crippen LogP contribution in [0.2, 0.25) is 0 Å². The van der Waals surface area contributed by atoms with Crippen molar-refractivity contribution in [3.63, 3.8) is 0 Å². The molecule has 0 N–H and O–H groups in total. The Morgan fingerprint density at radius 2 is 2.22 bits per heavy atom. The number of aromatic nitrogens is 4. The standard InChI is InChI=1S/C17H18N4O2/c1-2-23-17(22)15-7-18-11-21(15)10-14-9-20-8-13(12-3-4-12)5-6-16(20)19-14/h5-9,11-12H,2-4,10H2,1H3. The highest BCUT2D eigenvalue weighted by Crippen LogP contribution is 2.39. The van der Waals surface area contributed by atoms with Gasteiger partial charge in [-0.05, 0) is 37.3 Å².